The summed E-state index contributed by atoms with van der Waals surface area (Å²) in [7, 11) is -2.93. The monoisotopic (exact) mass is 426 g/mol. The average molecular weight is 427 g/mol. The molecule has 3 heterocycles. The van der Waals surface area contributed by atoms with Crippen molar-refractivity contribution < 1.29 is 8.42 Å². The quantitative estimate of drug-likeness (QED) is 0.589. The summed E-state index contributed by atoms with van der Waals surface area (Å²) in [6.07, 6.45) is 1.85. The minimum Gasteiger partial charge on any atom is -0.355 e. The number of rotatable bonds is 2. The second-order valence-electron chi connectivity index (χ2n) is 6.80. The van der Waals surface area contributed by atoms with E-state index in [4.69, 9.17) is 16.6 Å². The number of anilines is 1. The van der Waals surface area contributed by atoms with Gasteiger partial charge in [-0.2, -0.15) is 0 Å². The van der Waals surface area contributed by atoms with Gasteiger partial charge in [-0.15, -0.1) is 0 Å². The highest BCUT2D eigenvalue weighted by molar-refractivity contribution is 7.91. The van der Waals surface area contributed by atoms with Crippen molar-refractivity contribution in [3.8, 4) is 17.7 Å². The van der Waals surface area contributed by atoms with Crippen molar-refractivity contribution in [2.45, 2.75) is 6.92 Å². The molecule has 1 aliphatic heterocycles. The van der Waals surface area contributed by atoms with Crippen molar-refractivity contribution in [2.75, 3.05) is 29.5 Å². The van der Waals surface area contributed by atoms with Gasteiger partial charge in [0.05, 0.1) is 11.5 Å². The summed E-state index contributed by atoms with van der Waals surface area (Å²) in [6.45, 7) is 2.81. The SMILES string of the molecule is Cc1nc(C#Cc2cccc(Cl)c2)cn1-c1cccc(N2CCS(=O)(=O)CC2)n1. The van der Waals surface area contributed by atoms with Crippen molar-refractivity contribution in [1.29, 1.82) is 0 Å². The fourth-order valence-electron chi connectivity index (χ4n) is 3.13. The molecule has 1 aliphatic rings. The van der Waals surface area contributed by atoms with Gasteiger partial charge in [0.15, 0.2) is 9.84 Å². The van der Waals surface area contributed by atoms with Gasteiger partial charge in [-0.3, -0.25) is 4.57 Å². The fraction of sp³-hybridized carbons (Fsp3) is 0.238. The molecule has 0 aliphatic carbocycles. The Hall–Kier alpha value is -2.82. The van der Waals surface area contributed by atoms with Crippen molar-refractivity contribution in [3.05, 3.63) is 70.8 Å². The summed E-state index contributed by atoms with van der Waals surface area (Å²) in [5.41, 5.74) is 1.46. The zero-order valence-corrected chi connectivity index (χ0v) is 17.4. The standard InChI is InChI=1S/C21H19ClN4O2S/c1-16-23-19(9-8-17-4-2-5-18(22)14-17)15-26(16)21-7-3-6-20(24-21)25-10-12-29(27,28)13-11-25/h2-7,14-15H,10-13H2,1H3. The molecule has 3 aromatic rings. The van der Waals surface area contributed by atoms with E-state index in [1.807, 2.05) is 65.1 Å². The maximum atomic E-state index is 11.7. The van der Waals surface area contributed by atoms with E-state index in [0.29, 0.717) is 23.8 Å². The minimum atomic E-state index is -2.93. The summed E-state index contributed by atoms with van der Waals surface area (Å²) in [5.74, 6) is 8.70. The molecule has 0 radical (unpaired) electrons. The third-order valence-corrected chi connectivity index (χ3v) is 6.52. The predicted octanol–water partition coefficient (Wildman–Crippen LogP) is 2.86. The number of hydrogen-bond acceptors (Lipinski definition) is 5. The lowest BCUT2D eigenvalue weighted by molar-refractivity contribution is 0.586. The van der Waals surface area contributed by atoms with Crippen LogP contribution in [0.25, 0.3) is 5.82 Å². The normalized spacial score (nSPS) is 15.6. The zero-order valence-electron chi connectivity index (χ0n) is 15.8. The minimum absolute atomic E-state index is 0.159. The van der Waals surface area contributed by atoms with Crippen LogP contribution in [-0.4, -0.2) is 47.5 Å². The lowest BCUT2D eigenvalue weighted by Gasteiger charge is -2.27. The first-order chi connectivity index (χ1) is 13.9. The third-order valence-electron chi connectivity index (χ3n) is 4.68. The zero-order chi connectivity index (χ0) is 20.4. The van der Waals surface area contributed by atoms with Crippen LogP contribution in [0.15, 0.2) is 48.7 Å². The van der Waals surface area contributed by atoms with Crippen LogP contribution in [0, 0.1) is 18.8 Å². The van der Waals surface area contributed by atoms with E-state index >= 15 is 0 Å². The summed E-state index contributed by atoms with van der Waals surface area (Å²) in [5, 5.41) is 0.644. The van der Waals surface area contributed by atoms with Crippen LogP contribution in [0.5, 0.6) is 0 Å². The lowest BCUT2D eigenvalue weighted by Crippen LogP contribution is -2.40. The van der Waals surface area contributed by atoms with Gasteiger partial charge in [-0.1, -0.05) is 29.7 Å². The highest BCUT2D eigenvalue weighted by Crippen LogP contribution is 2.18. The molecule has 1 aromatic carbocycles. The number of hydrogen-bond donors (Lipinski definition) is 0. The van der Waals surface area contributed by atoms with Crippen molar-refractivity contribution in [1.82, 2.24) is 14.5 Å². The first-order valence-electron chi connectivity index (χ1n) is 9.16. The number of halogens is 1. The van der Waals surface area contributed by atoms with Gasteiger partial charge in [0.1, 0.15) is 23.2 Å². The van der Waals surface area contributed by atoms with Crippen LogP contribution in [0.4, 0.5) is 5.82 Å². The third kappa shape index (κ3) is 4.61. The van der Waals surface area contributed by atoms with Crippen LogP contribution < -0.4 is 4.90 Å². The predicted molar refractivity (Wildman–Crippen MR) is 114 cm³/mol. The van der Waals surface area contributed by atoms with Gasteiger partial charge in [0.25, 0.3) is 0 Å². The maximum Gasteiger partial charge on any atom is 0.153 e. The summed E-state index contributed by atoms with van der Waals surface area (Å²) in [6, 6.07) is 13.1. The number of benzene rings is 1. The molecule has 4 rings (SSSR count). The number of nitrogens with zero attached hydrogens (tertiary/aromatic N) is 4. The largest absolute Gasteiger partial charge is 0.355 e. The van der Waals surface area contributed by atoms with Crippen LogP contribution in [0.3, 0.4) is 0 Å². The molecular formula is C21H19ClN4O2S. The Morgan fingerprint density at radius 2 is 1.72 bits per heavy atom. The Morgan fingerprint density at radius 1 is 1.00 bits per heavy atom. The Kier molecular flexibility index (Phi) is 5.31. The molecule has 6 nitrogen and oxygen atoms in total. The van der Waals surface area contributed by atoms with E-state index in [9.17, 15) is 8.42 Å². The van der Waals surface area contributed by atoms with Gasteiger partial charge in [-0.05, 0) is 43.2 Å². The maximum absolute atomic E-state index is 11.7. The molecule has 0 amide bonds. The first-order valence-corrected chi connectivity index (χ1v) is 11.4. The Morgan fingerprint density at radius 3 is 2.48 bits per heavy atom. The first kappa shape index (κ1) is 19.5. The van der Waals surface area contributed by atoms with Gasteiger partial charge < -0.3 is 4.90 Å². The molecule has 0 unspecified atom stereocenters. The Labute approximate surface area is 175 Å². The number of imidazole rings is 1. The molecule has 2 aromatic heterocycles. The Balaban J connectivity index is 1.58. The second-order valence-corrected chi connectivity index (χ2v) is 9.54. The highest BCUT2D eigenvalue weighted by Gasteiger charge is 2.22. The molecule has 0 atom stereocenters. The second kappa shape index (κ2) is 7.90. The van der Waals surface area contributed by atoms with Crippen molar-refractivity contribution in [3.63, 3.8) is 0 Å². The molecule has 0 spiro atoms. The molecule has 1 saturated heterocycles. The van der Waals surface area contributed by atoms with Gasteiger partial charge in [0, 0.05) is 29.9 Å². The number of aryl methyl sites for hydroxylation is 1. The van der Waals surface area contributed by atoms with Gasteiger partial charge in [-0.25, -0.2) is 18.4 Å². The smallest absolute Gasteiger partial charge is 0.153 e. The van der Waals surface area contributed by atoms with E-state index in [0.717, 1.165) is 23.0 Å². The number of sulfone groups is 1. The average Bonchev–Trinajstić information content (AvgIpc) is 3.07. The molecule has 148 valence electrons. The topological polar surface area (TPSA) is 68.1 Å². The Bertz CT molecular complexity index is 1210. The van der Waals surface area contributed by atoms with Crippen LogP contribution in [0.2, 0.25) is 5.02 Å². The lowest BCUT2D eigenvalue weighted by atomic mass is 10.2. The summed E-state index contributed by atoms with van der Waals surface area (Å²) < 4.78 is 25.2. The van der Waals surface area contributed by atoms with Gasteiger partial charge >= 0.3 is 0 Å². The highest BCUT2D eigenvalue weighted by atomic mass is 35.5. The fourth-order valence-corrected chi connectivity index (χ4v) is 4.52. The molecule has 0 bridgehead atoms. The van der Waals surface area contributed by atoms with E-state index in [1.165, 1.54) is 0 Å². The number of aromatic nitrogens is 3. The van der Waals surface area contributed by atoms with Crippen LogP contribution in [-0.2, 0) is 9.84 Å². The summed E-state index contributed by atoms with van der Waals surface area (Å²) in [4.78, 5) is 11.2. The van der Waals surface area contributed by atoms with E-state index in [2.05, 4.69) is 16.8 Å². The molecule has 0 saturated carbocycles. The van der Waals surface area contributed by atoms with Crippen LogP contribution >= 0.6 is 11.6 Å². The molecule has 0 N–H and O–H groups in total. The van der Waals surface area contributed by atoms with Crippen LogP contribution in [0.1, 0.15) is 17.1 Å². The number of pyridine rings is 1. The van der Waals surface area contributed by atoms with Crippen molar-refractivity contribution >= 4 is 27.3 Å². The van der Waals surface area contributed by atoms with Crippen molar-refractivity contribution in [2.24, 2.45) is 0 Å². The van der Waals surface area contributed by atoms with Gasteiger partial charge in [0.2, 0.25) is 0 Å². The molecule has 1 fully saturated rings. The van der Waals surface area contributed by atoms with E-state index in [-0.39, 0.29) is 11.5 Å². The summed E-state index contributed by atoms with van der Waals surface area (Å²) >= 11 is 6.00. The molecule has 8 heteroatoms. The molecule has 29 heavy (non-hydrogen) atoms. The van der Waals surface area contributed by atoms with E-state index < -0.39 is 9.84 Å². The van der Waals surface area contributed by atoms with E-state index in [1.54, 1.807) is 0 Å². The molecular weight excluding hydrogens is 408 g/mol.